The molecule has 2 aromatic carbocycles. The van der Waals surface area contributed by atoms with Gasteiger partial charge in [0.2, 0.25) is 5.91 Å². The number of aryl methyl sites for hydroxylation is 1. The molecule has 0 spiro atoms. The molecule has 0 bridgehead atoms. The molecule has 4 rings (SSSR count). The van der Waals surface area contributed by atoms with E-state index in [-0.39, 0.29) is 17.3 Å². The number of benzene rings is 2. The highest BCUT2D eigenvalue weighted by atomic mass is 32.2. The van der Waals surface area contributed by atoms with Crippen LogP contribution in [-0.2, 0) is 4.79 Å². The molecule has 0 unspecified atom stereocenters. The summed E-state index contributed by atoms with van der Waals surface area (Å²) in [5.41, 5.74) is 3.78. The summed E-state index contributed by atoms with van der Waals surface area (Å²) in [6.07, 6.45) is 0.0595. The summed E-state index contributed by atoms with van der Waals surface area (Å²) in [6.45, 7) is 6.01. The standard InChI is InChI=1S/C23H25N3O3S/c1-14(2)29-19-8-6-5-7-18(19)22-21-15(3)25-26(23(21)24-20(27)13-30-22)16-9-11-17(28-4)12-10-16/h5-12,14,22H,13H2,1-4H3,(H,24,27)/t22-/m1/s1. The zero-order valence-electron chi connectivity index (χ0n) is 17.5. The number of hydrogen-bond donors (Lipinski definition) is 1. The maximum Gasteiger partial charge on any atom is 0.235 e. The van der Waals surface area contributed by atoms with Crippen LogP contribution in [0.5, 0.6) is 11.5 Å². The number of nitrogens with one attached hydrogen (secondary N) is 1. The van der Waals surface area contributed by atoms with Gasteiger partial charge in [-0.25, -0.2) is 4.68 Å². The molecule has 1 atom stereocenters. The Bertz CT molecular complexity index is 1060. The van der Waals surface area contributed by atoms with E-state index in [0.29, 0.717) is 11.6 Å². The molecule has 1 aliphatic rings. The van der Waals surface area contributed by atoms with Crippen molar-refractivity contribution in [3.05, 3.63) is 65.4 Å². The molecule has 156 valence electrons. The second-order valence-electron chi connectivity index (χ2n) is 7.40. The minimum absolute atomic E-state index is 0.0410. The summed E-state index contributed by atoms with van der Waals surface area (Å²) in [6, 6.07) is 15.7. The van der Waals surface area contributed by atoms with Crippen molar-refractivity contribution in [3.8, 4) is 17.2 Å². The van der Waals surface area contributed by atoms with Gasteiger partial charge in [0.15, 0.2) is 0 Å². The Morgan fingerprint density at radius 2 is 1.90 bits per heavy atom. The summed E-state index contributed by atoms with van der Waals surface area (Å²) in [4.78, 5) is 12.6. The lowest BCUT2D eigenvalue weighted by Crippen LogP contribution is -2.15. The Hall–Kier alpha value is -2.93. The van der Waals surface area contributed by atoms with Crippen molar-refractivity contribution in [1.82, 2.24) is 9.78 Å². The first kappa shape index (κ1) is 20.3. The largest absolute Gasteiger partial charge is 0.497 e. The summed E-state index contributed by atoms with van der Waals surface area (Å²) in [7, 11) is 1.64. The third kappa shape index (κ3) is 3.89. The summed E-state index contributed by atoms with van der Waals surface area (Å²) >= 11 is 1.59. The predicted octanol–water partition coefficient (Wildman–Crippen LogP) is 4.75. The predicted molar refractivity (Wildman–Crippen MR) is 120 cm³/mol. The maximum atomic E-state index is 12.6. The van der Waals surface area contributed by atoms with Gasteiger partial charge in [0.05, 0.1) is 35.6 Å². The van der Waals surface area contributed by atoms with Crippen LogP contribution in [0.2, 0.25) is 0 Å². The van der Waals surface area contributed by atoms with E-state index in [0.717, 1.165) is 34.0 Å². The zero-order chi connectivity index (χ0) is 21.3. The first-order valence-corrected chi connectivity index (χ1v) is 10.9. The topological polar surface area (TPSA) is 65.4 Å². The molecule has 1 aliphatic heterocycles. The highest BCUT2D eigenvalue weighted by molar-refractivity contribution is 8.00. The molecule has 30 heavy (non-hydrogen) atoms. The Kier molecular flexibility index (Phi) is 5.72. The van der Waals surface area contributed by atoms with Gasteiger partial charge in [-0.05, 0) is 51.1 Å². The fourth-order valence-electron chi connectivity index (χ4n) is 3.60. The fraction of sp³-hybridized carbons (Fsp3) is 0.304. The van der Waals surface area contributed by atoms with Crippen LogP contribution >= 0.6 is 11.8 Å². The van der Waals surface area contributed by atoms with Gasteiger partial charge in [-0.3, -0.25) is 4.79 Å². The van der Waals surface area contributed by atoms with Crippen molar-refractivity contribution in [1.29, 1.82) is 0 Å². The molecule has 2 heterocycles. The van der Waals surface area contributed by atoms with Crippen LogP contribution in [0.25, 0.3) is 5.69 Å². The summed E-state index contributed by atoms with van der Waals surface area (Å²) < 4.78 is 13.1. The number of carbonyl (C=O) groups excluding carboxylic acids is 1. The molecule has 0 radical (unpaired) electrons. The van der Waals surface area contributed by atoms with Crippen molar-refractivity contribution in [2.45, 2.75) is 32.1 Å². The van der Waals surface area contributed by atoms with Gasteiger partial charge in [0, 0.05) is 11.1 Å². The SMILES string of the molecule is COc1ccc(-n2nc(C)c3c2NC(=O)CS[C@@H]3c2ccccc2OC(C)C)cc1. The quantitative estimate of drug-likeness (QED) is 0.641. The van der Waals surface area contributed by atoms with E-state index in [9.17, 15) is 4.79 Å². The molecule has 0 saturated heterocycles. The lowest BCUT2D eigenvalue weighted by Gasteiger charge is -2.20. The number of thioether (sulfide) groups is 1. The highest BCUT2D eigenvalue weighted by Crippen LogP contribution is 2.46. The molecule has 1 N–H and O–H groups in total. The first-order chi connectivity index (χ1) is 14.5. The molecule has 3 aromatic rings. The van der Waals surface area contributed by atoms with Crippen LogP contribution in [0.3, 0.4) is 0 Å². The number of hydrogen-bond acceptors (Lipinski definition) is 5. The van der Waals surface area contributed by atoms with Crippen molar-refractivity contribution in [3.63, 3.8) is 0 Å². The molecule has 6 nitrogen and oxygen atoms in total. The molecule has 0 aliphatic carbocycles. The van der Waals surface area contributed by atoms with Crippen LogP contribution < -0.4 is 14.8 Å². The van der Waals surface area contributed by atoms with Crippen molar-refractivity contribution < 1.29 is 14.3 Å². The van der Waals surface area contributed by atoms with Gasteiger partial charge < -0.3 is 14.8 Å². The maximum absolute atomic E-state index is 12.6. The number of para-hydroxylation sites is 1. The van der Waals surface area contributed by atoms with Crippen LogP contribution in [0.4, 0.5) is 5.82 Å². The molecular weight excluding hydrogens is 398 g/mol. The monoisotopic (exact) mass is 423 g/mol. The summed E-state index contributed by atoms with van der Waals surface area (Å²) in [5.74, 6) is 2.63. The minimum Gasteiger partial charge on any atom is -0.497 e. The van der Waals surface area contributed by atoms with Crippen molar-refractivity contribution in [2.75, 3.05) is 18.2 Å². The Labute approximate surface area is 180 Å². The molecule has 0 saturated carbocycles. The van der Waals surface area contributed by atoms with Crippen LogP contribution in [0.1, 0.15) is 35.9 Å². The van der Waals surface area contributed by atoms with Crippen molar-refractivity contribution in [2.24, 2.45) is 0 Å². The van der Waals surface area contributed by atoms with Crippen LogP contribution in [0.15, 0.2) is 48.5 Å². The molecule has 1 amide bonds. The van der Waals surface area contributed by atoms with E-state index in [1.165, 1.54) is 0 Å². The van der Waals surface area contributed by atoms with Crippen LogP contribution in [-0.4, -0.2) is 34.7 Å². The highest BCUT2D eigenvalue weighted by Gasteiger charge is 2.32. The Morgan fingerprint density at radius 3 is 2.60 bits per heavy atom. The number of carbonyl (C=O) groups is 1. The number of methoxy groups -OCH3 is 1. The van der Waals surface area contributed by atoms with Gasteiger partial charge in [0.25, 0.3) is 0 Å². The number of fused-ring (bicyclic) bond motifs is 1. The van der Waals surface area contributed by atoms with E-state index in [2.05, 4.69) is 11.4 Å². The van der Waals surface area contributed by atoms with E-state index in [4.69, 9.17) is 14.6 Å². The number of rotatable bonds is 5. The van der Waals surface area contributed by atoms with Gasteiger partial charge in [-0.1, -0.05) is 18.2 Å². The number of ether oxygens (including phenoxy) is 2. The number of amides is 1. The summed E-state index contributed by atoms with van der Waals surface area (Å²) in [5, 5.41) is 7.77. The molecular formula is C23H25N3O3S. The van der Waals surface area contributed by atoms with E-state index < -0.39 is 0 Å². The Morgan fingerprint density at radius 1 is 1.17 bits per heavy atom. The number of anilines is 1. The average Bonchev–Trinajstić information content (AvgIpc) is 2.94. The third-order valence-electron chi connectivity index (χ3n) is 4.89. The minimum atomic E-state index is -0.0686. The van der Waals surface area contributed by atoms with Gasteiger partial charge >= 0.3 is 0 Å². The van der Waals surface area contributed by atoms with E-state index in [1.807, 2.05) is 63.2 Å². The van der Waals surface area contributed by atoms with Crippen molar-refractivity contribution >= 4 is 23.5 Å². The lowest BCUT2D eigenvalue weighted by molar-refractivity contribution is -0.113. The van der Waals surface area contributed by atoms with Gasteiger partial charge in [0.1, 0.15) is 17.3 Å². The zero-order valence-corrected chi connectivity index (χ0v) is 18.3. The smallest absolute Gasteiger partial charge is 0.235 e. The second kappa shape index (κ2) is 8.44. The lowest BCUT2D eigenvalue weighted by atomic mass is 10.0. The first-order valence-electron chi connectivity index (χ1n) is 9.89. The molecule has 0 fully saturated rings. The van der Waals surface area contributed by atoms with Gasteiger partial charge in [-0.15, -0.1) is 11.8 Å². The molecule has 7 heteroatoms. The normalized spacial score (nSPS) is 16.0. The third-order valence-corrected chi connectivity index (χ3v) is 6.14. The fourth-order valence-corrected chi connectivity index (χ4v) is 4.81. The van der Waals surface area contributed by atoms with Gasteiger partial charge in [-0.2, -0.15) is 5.10 Å². The average molecular weight is 424 g/mol. The van der Waals surface area contributed by atoms with E-state index in [1.54, 1.807) is 23.6 Å². The number of aromatic nitrogens is 2. The second-order valence-corrected chi connectivity index (χ2v) is 8.49. The van der Waals surface area contributed by atoms with E-state index >= 15 is 0 Å². The van der Waals surface area contributed by atoms with Crippen LogP contribution in [0, 0.1) is 6.92 Å². The number of nitrogens with zero attached hydrogens (tertiary/aromatic N) is 2. The molecule has 1 aromatic heterocycles. The Balaban J connectivity index is 1.85.